The molecule has 1 atom stereocenters. The third-order valence-electron chi connectivity index (χ3n) is 3.29. The number of carbonyl (C=O) groups excluding carboxylic acids is 1. The molecule has 0 spiro atoms. The van der Waals surface area contributed by atoms with Crippen LogP contribution in [0.5, 0.6) is 0 Å². The minimum Gasteiger partial charge on any atom is -0.299 e. The minimum absolute atomic E-state index is 0.0440. The predicted octanol–water partition coefficient (Wildman–Crippen LogP) is 4.65. The number of Topliss-reactive ketones (excluding diaryl/α,β-unsaturated/α-hetero) is 1. The lowest BCUT2D eigenvalue weighted by Crippen LogP contribution is -2.14. The molecule has 0 aliphatic heterocycles. The molecule has 0 aromatic heterocycles. The van der Waals surface area contributed by atoms with Crippen molar-refractivity contribution in [2.24, 2.45) is 0 Å². The summed E-state index contributed by atoms with van der Waals surface area (Å²) < 4.78 is 0. The van der Waals surface area contributed by atoms with Crippen LogP contribution in [0.1, 0.15) is 30.4 Å². The van der Waals surface area contributed by atoms with Crippen molar-refractivity contribution in [1.29, 1.82) is 0 Å². The highest BCUT2D eigenvalue weighted by molar-refractivity contribution is 6.30. The van der Waals surface area contributed by atoms with Crippen LogP contribution < -0.4 is 0 Å². The van der Waals surface area contributed by atoms with Crippen molar-refractivity contribution < 1.29 is 4.79 Å². The van der Waals surface area contributed by atoms with Crippen molar-refractivity contribution in [3.63, 3.8) is 0 Å². The molecule has 1 unspecified atom stereocenters. The Labute approximate surface area is 119 Å². The first-order valence-corrected chi connectivity index (χ1v) is 6.90. The Balaban J connectivity index is 2.13. The molecule has 0 amide bonds. The molecule has 2 aromatic carbocycles. The monoisotopic (exact) mass is 272 g/mol. The van der Waals surface area contributed by atoms with Crippen LogP contribution in [0, 0.1) is 0 Å². The highest BCUT2D eigenvalue weighted by Crippen LogP contribution is 2.23. The van der Waals surface area contributed by atoms with E-state index in [-0.39, 0.29) is 11.7 Å². The fourth-order valence-corrected chi connectivity index (χ4v) is 2.39. The van der Waals surface area contributed by atoms with Gasteiger partial charge in [0.2, 0.25) is 0 Å². The second kappa shape index (κ2) is 6.53. The highest BCUT2D eigenvalue weighted by atomic mass is 35.5. The van der Waals surface area contributed by atoms with Crippen LogP contribution in [0.25, 0.3) is 0 Å². The van der Waals surface area contributed by atoms with Crippen molar-refractivity contribution in [3.05, 3.63) is 70.7 Å². The van der Waals surface area contributed by atoms with Gasteiger partial charge in [-0.1, -0.05) is 61.0 Å². The van der Waals surface area contributed by atoms with Crippen LogP contribution in [-0.2, 0) is 11.2 Å². The van der Waals surface area contributed by atoms with E-state index in [0.29, 0.717) is 11.4 Å². The van der Waals surface area contributed by atoms with E-state index in [9.17, 15) is 4.79 Å². The second-order valence-electron chi connectivity index (χ2n) is 4.64. The molecule has 0 bridgehead atoms. The molecule has 2 aromatic rings. The molecule has 19 heavy (non-hydrogen) atoms. The van der Waals surface area contributed by atoms with Crippen LogP contribution in [0.3, 0.4) is 0 Å². The van der Waals surface area contributed by atoms with Crippen molar-refractivity contribution in [1.82, 2.24) is 0 Å². The summed E-state index contributed by atoms with van der Waals surface area (Å²) in [5, 5.41) is 0.703. The Bertz CT molecular complexity index is 531. The number of carbonyl (C=O) groups is 1. The van der Waals surface area contributed by atoms with Crippen molar-refractivity contribution >= 4 is 17.4 Å². The van der Waals surface area contributed by atoms with Crippen molar-refractivity contribution in [2.45, 2.75) is 25.7 Å². The Morgan fingerprint density at radius 3 is 2.26 bits per heavy atom. The lowest BCUT2D eigenvalue weighted by Gasteiger charge is -2.14. The van der Waals surface area contributed by atoms with E-state index < -0.39 is 0 Å². The third kappa shape index (κ3) is 3.68. The number of halogens is 1. The topological polar surface area (TPSA) is 17.1 Å². The first kappa shape index (κ1) is 13.8. The van der Waals surface area contributed by atoms with E-state index in [1.807, 2.05) is 61.5 Å². The van der Waals surface area contributed by atoms with Gasteiger partial charge in [0.25, 0.3) is 0 Å². The van der Waals surface area contributed by atoms with E-state index in [1.54, 1.807) is 0 Å². The maximum Gasteiger partial charge on any atom is 0.144 e. The highest BCUT2D eigenvalue weighted by Gasteiger charge is 2.18. The van der Waals surface area contributed by atoms with Gasteiger partial charge in [0.05, 0.1) is 0 Å². The predicted molar refractivity (Wildman–Crippen MR) is 79.6 cm³/mol. The van der Waals surface area contributed by atoms with Gasteiger partial charge >= 0.3 is 0 Å². The van der Waals surface area contributed by atoms with Gasteiger partial charge in [-0.15, -0.1) is 0 Å². The van der Waals surface area contributed by atoms with E-state index in [1.165, 1.54) is 0 Å². The maximum atomic E-state index is 12.4. The smallest absolute Gasteiger partial charge is 0.144 e. The number of ketones is 1. The second-order valence-corrected chi connectivity index (χ2v) is 5.08. The zero-order valence-corrected chi connectivity index (χ0v) is 11.7. The van der Waals surface area contributed by atoms with Gasteiger partial charge in [-0.25, -0.2) is 0 Å². The van der Waals surface area contributed by atoms with Gasteiger partial charge in [-0.05, 0) is 29.7 Å². The summed E-state index contributed by atoms with van der Waals surface area (Å²) in [6.45, 7) is 2.04. The fraction of sp³-hybridized carbons (Fsp3) is 0.235. The summed E-state index contributed by atoms with van der Waals surface area (Å²) in [7, 11) is 0. The minimum atomic E-state index is -0.0440. The number of rotatable bonds is 5. The molecular weight excluding hydrogens is 256 g/mol. The summed E-state index contributed by atoms with van der Waals surface area (Å²) in [5.74, 6) is 0.216. The van der Waals surface area contributed by atoms with Crippen LogP contribution >= 0.6 is 11.6 Å². The maximum absolute atomic E-state index is 12.4. The molecule has 98 valence electrons. The van der Waals surface area contributed by atoms with E-state index in [4.69, 9.17) is 11.6 Å². The number of hydrogen-bond acceptors (Lipinski definition) is 1. The Kier molecular flexibility index (Phi) is 4.75. The van der Waals surface area contributed by atoms with Crippen molar-refractivity contribution in [2.75, 3.05) is 0 Å². The molecule has 0 N–H and O–H groups in total. The molecule has 2 rings (SSSR count). The van der Waals surface area contributed by atoms with Gasteiger partial charge in [-0.3, -0.25) is 4.79 Å². The molecule has 1 nitrogen and oxygen atoms in total. The lowest BCUT2D eigenvalue weighted by molar-refractivity contribution is -0.119. The summed E-state index contributed by atoms with van der Waals surface area (Å²) >= 11 is 5.88. The fourth-order valence-electron chi connectivity index (χ4n) is 2.26. The van der Waals surface area contributed by atoms with Crippen LogP contribution in [0.15, 0.2) is 54.6 Å². The van der Waals surface area contributed by atoms with Gasteiger partial charge in [0.1, 0.15) is 5.78 Å². The molecule has 0 heterocycles. The van der Waals surface area contributed by atoms with Crippen LogP contribution in [0.4, 0.5) is 0 Å². The summed E-state index contributed by atoms with van der Waals surface area (Å²) in [6, 6.07) is 17.4. The Morgan fingerprint density at radius 2 is 1.68 bits per heavy atom. The standard InChI is InChI=1S/C17H17ClO/c1-2-16(14-8-10-15(18)11-9-14)17(19)12-13-6-4-3-5-7-13/h3-11,16H,2,12H2,1H3. The molecule has 0 radical (unpaired) electrons. The molecule has 0 saturated carbocycles. The van der Waals surface area contributed by atoms with Gasteiger partial charge in [0, 0.05) is 17.4 Å². The first-order valence-electron chi connectivity index (χ1n) is 6.52. The molecule has 0 aliphatic carbocycles. The first-order chi connectivity index (χ1) is 9.20. The summed E-state index contributed by atoms with van der Waals surface area (Å²) in [4.78, 5) is 12.4. The lowest BCUT2D eigenvalue weighted by atomic mass is 9.89. The molecular formula is C17H17ClO. The number of benzene rings is 2. The molecule has 0 saturated heterocycles. The largest absolute Gasteiger partial charge is 0.299 e. The quantitative estimate of drug-likeness (QED) is 0.775. The summed E-state index contributed by atoms with van der Waals surface area (Å²) in [6.07, 6.45) is 1.30. The van der Waals surface area contributed by atoms with Crippen LogP contribution in [-0.4, -0.2) is 5.78 Å². The molecule has 2 heteroatoms. The number of hydrogen-bond donors (Lipinski definition) is 0. The Hall–Kier alpha value is -1.60. The Morgan fingerprint density at radius 1 is 1.05 bits per heavy atom. The van der Waals surface area contributed by atoms with Gasteiger partial charge in [0.15, 0.2) is 0 Å². The van der Waals surface area contributed by atoms with E-state index >= 15 is 0 Å². The van der Waals surface area contributed by atoms with Gasteiger partial charge < -0.3 is 0 Å². The average molecular weight is 273 g/mol. The van der Waals surface area contributed by atoms with Crippen molar-refractivity contribution in [3.8, 4) is 0 Å². The zero-order valence-electron chi connectivity index (χ0n) is 11.0. The average Bonchev–Trinajstić information content (AvgIpc) is 2.43. The zero-order chi connectivity index (χ0) is 13.7. The van der Waals surface area contributed by atoms with Gasteiger partial charge in [-0.2, -0.15) is 0 Å². The van der Waals surface area contributed by atoms with E-state index in [2.05, 4.69) is 0 Å². The normalized spacial score (nSPS) is 12.1. The van der Waals surface area contributed by atoms with Crippen LogP contribution in [0.2, 0.25) is 5.02 Å². The summed E-state index contributed by atoms with van der Waals surface area (Å²) in [5.41, 5.74) is 2.12. The molecule has 0 fully saturated rings. The third-order valence-corrected chi connectivity index (χ3v) is 3.54. The molecule has 0 aliphatic rings. The van der Waals surface area contributed by atoms with E-state index in [0.717, 1.165) is 17.5 Å². The SMILES string of the molecule is CCC(C(=O)Cc1ccccc1)c1ccc(Cl)cc1.